The summed E-state index contributed by atoms with van der Waals surface area (Å²) in [5.74, 6) is -0.669. The first kappa shape index (κ1) is 19.2. The van der Waals surface area contributed by atoms with E-state index in [1.165, 1.54) is 0 Å². The van der Waals surface area contributed by atoms with Gasteiger partial charge in [0.2, 0.25) is 11.8 Å². The van der Waals surface area contributed by atoms with Crippen LogP contribution in [0.1, 0.15) is 5.56 Å². The molecule has 4 atom stereocenters. The number of nitrogens with zero attached hydrogens (tertiary/aromatic N) is 1. The monoisotopic (exact) mass is 424 g/mol. The van der Waals surface area contributed by atoms with E-state index in [0.29, 0.717) is 18.1 Å². The lowest BCUT2D eigenvalue weighted by Crippen LogP contribution is -2.44. The molecule has 7 heteroatoms. The van der Waals surface area contributed by atoms with Crippen LogP contribution in [0.4, 0.5) is 5.69 Å². The van der Waals surface area contributed by atoms with Gasteiger partial charge in [0, 0.05) is 17.3 Å². The van der Waals surface area contributed by atoms with Crippen LogP contribution < -0.4 is 15.0 Å². The highest BCUT2D eigenvalue weighted by molar-refractivity contribution is 6.31. The van der Waals surface area contributed by atoms with Crippen LogP contribution in [-0.4, -0.2) is 37.2 Å². The number of anilines is 1. The second kappa shape index (κ2) is 7.15. The van der Waals surface area contributed by atoms with E-state index in [1.807, 2.05) is 54.6 Å². The fraction of sp³-hybridized carbons (Fsp3) is 0.304. The van der Waals surface area contributed by atoms with Crippen molar-refractivity contribution in [2.75, 3.05) is 18.6 Å². The van der Waals surface area contributed by atoms with Crippen LogP contribution in [0.15, 0.2) is 60.7 Å². The van der Waals surface area contributed by atoms with Crippen molar-refractivity contribution < 1.29 is 19.1 Å². The summed E-state index contributed by atoms with van der Waals surface area (Å²) in [6.45, 7) is 0.700. The largest absolute Gasteiger partial charge is 0.497 e. The molecule has 0 aromatic heterocycles. The van der Waals surface area contributed by atoms with Gasteiger partial charge in [-0.15, -0.1) is 0 Å². The Hall–Kier alpha value is -2.83. The number of carbonyl (C=O) groups excluding carboxylic acids is 2. The van der Waals surface area contributed by atoms with Gasteiger partial charge in [0.15, 0.2) is 0 Å². The Labute approximate surface area is 179 Å². The molecule has 0 aliphatic carbocycles. The van der Waals surface area contributed by atoms with E-state index in [9.17, 15) is 9.59 Å². The van der Waals surface area contributed by atoms with E-state index in [-0.39, 0.29) is 17.9 Å². The molecule has 3 heterocycles. The van der Waals surface area contributed by atoms with Crippen molar-refractivity contribution in [3.8, 4) is 5.75 Å². The molecule has 2 aromatic carbocycles. The number of amides is 2. The van der Waals surface area contributed by atoms with Gasteiger partial charge in [0.05, 0.1) is 31.6 Å². The average Bonchev–Trinajstić information content (AvgIpc) is 3.41. The standard InChI is InChI=1S/C23H21ClN2O4/c1-29-16-8-6-15(7-9-16)26-13-23-11-10-18(30-23)19(20(23)22(26)28)21(27)25-12-14-4-2-3-5-17(14)24/h2-11,18-20H,12-13H2,1H3,(H,25,27)/t18-,19+,20+,23+/m1/s1. The first-order valence-electron chi connectivity index (χ1n) is 9.86. The summed E-state index contributed by atoms with van der Waals surface area (Å²) in [6, 6.07) is 14.7. The number of hydrogen-bond donors (Lipinski definition) is 1. The Morgan fingerprint density at radius 1 is 1.27 bits per heavy atom. The highest BCUT2D eigenvalue weighted by atomic mass is 35.5. The zero-order valence-electron chi connectivity index (χ0n) is 16.4. The molecule has 3 aliphatic rings. The number of methoxy groups -OCH3 is 1. The van der Waals surface area contributed by atoms with Gasteiger partial charge < -0.3 is 19.7 Å². The van der Waals surface area contributed by atoms with Crippen molar-refractivity contribution in [1.29, 1.82) is 0 Å². The molecular weight excluding hydrogens is 404 g/mol. The summed E-state index contributed by atoms with van der Waals surface area (Å²) in [6.07, 6.45) is 3.46. The SMILES string of the molecule is COc1ccc(N2C[C@]34C=C[C@@H](O3)[C@H](C(=O)NCc3ccccc3Cl)[C@H]4C2=O)cc1. The lowest BCUT2D eigenvalue weighted by atomic mass is 9.77. The molecule has 3 aliphatic heterocycles. The Balaban J connectivity index is 1.36. The maximum absolute atomic E-state index is 13.3. The van der Waals surface area contributed by atoms with Crippen LogP contribution >= 0.6 is 11.6 Å². The van der Waals surface area contributed by atoms with E-state index in [2.05, 4.69) is 5.32 Å². The fourth-order valence-electron chi connectivity index (χ4n) is 4.72. The summed E-state index contributed by atoms with van der Waals surface area (Å²) in [7, 11) is 1.60. The van der Waals surface area contributed by atoms with E-state index < -0.39 is 17.4 Å². The van der Waals surface area contributed by atoms with E-state index in [0.717, 1.165) is 17.0 Å². The van der Waals surface area contributed by atoms with Gasteiger partial charge in [-0.2, -0.15) is 0 Å². The van der Waals surface area contributed by atoms with Crippen molar-refractivity contribution in [2.45, 2.75) is 18.2 Å². The lowest BCUT2D eigenvalue weighted by Gasteiger charge is -2.23. The van der Waals surface area contributed by atoms with Gasteiger partial charge in [-0.05, 0) is 35.9 Å². The van der Waals surface area contributed by atoms with Gasteiger partial charge in [0.1, 0.15) is 11.4 Å². The molecule has 2 saturated heterocycles. The summed E-state index contributed by atoms with van der Waals surface area (Å²) >= 11 is 6.19. The van der Waals surface area contributed by atoms with Crippen molar-refractivity contribution in [2.24, 2.45) is 11.8 Å². The third kappa shape index (κ3) is 2.90. The van der Waals surface area contributed by atoms with Gasteiger partial charge >= 0.3 is 0 Å². The summed E-state index contributed by atoms with van der Waals surface area (Å²) < 4.78 is 11.4. The molecule has 0 unspecified atom stereocenters. The Morgan fingerprint density at radius 3 is 2.77 bits per heavy atom. The molecule has 0 saturated carbocycles. The molecule has 0 radical (unpaired) electrons. The Bertz CT molecular complexity index is 1040. The van der Waals surface area contributed by atoms with E-state index >= 15 is 0 Å². The first-order chi connectivity index (χ1) is 14.5. The number of hydrogen-bond acceptors (Lipinski definition) is 4. The number of halogens is 1. The minimum atomic E-state index is -0.756. The second-order valence-corrected chi connectivity index (χ2v) is 8.24. The number of nitrogens with one attached hydrogen (secondary N) is 1. The Kier molecular flexibility index (Phi) is 4.56. The molecule has 2 fully saturated rings. The summed E-state index contributed by atoms with van der Waals surface area (Å²) in [4.78, 5) is 28.1. The Morgan fingerprint density at radius 2 is 2.03 bits per heavy atom. The zero-order valence-corrected chi connectivity index (χ0v) is 17.1. The topological polar surface area (TPSA) is 67.9 Å². The molecule has 6 nitrogen and oxygen atoms in total. The predicted octanol–water partition coefficient (Wildman–Crippen LogP) is 2.95. The first-order valence-corrected chi connectivity index (χ1v) is 10.2. The van der Waals surface area contributed by atoms with Crippen molar-refractivity contribution >= 4 is 29.1 Å². The molecule has 5 rings (SSSR count). The van der Waals surface area contributed by atoms with Crippen LogP contribution in [0.25, 0.3) is 0 Å². The van der Waals surface area contributed by atoms with Gasteiger partial charge in [-0.1, -0.05) is 42.0 Å². The zero-order chi connectivity index (χ0) is 20.9. The molecule has 2 aromatic rings. The highest BCUT2D eigenvalue weighted by Gasteiger charge is 2.67. The number of rotatable bonds is 5. The minimum Gasteiger partial charge on any atom is -0.497 e. The smallest absolute Gasteiger partial charge is 0.234 e. The quantitative estimate of drug-likeness (QED) is 0.749. The van der Waals surface area contributed by atoms with Gasteiger partial charge in [-0.25, -0.2) is 0 Å². The molecule has 1 spiro atoms. The minimum absolute atomic E-state index is 0.0927. The van der Waals surface area contributed by atoms with Crippen LogP contribution in [0.3, 0.4) is 0 Å². The lowest BCUT2D eigenvalue weighted by molar-refractivity contribution is -0.132. The molecule has 2 bridgehead atoms. The average molecular weight is 425 g/mol. The predicted molar refractivity (Wildman–Crippen MR) is 112 cm³/mol. The van der Waals surface area contributed by atoms with Gasteiger partial charge in [0.25, 0.3) is 0 Å². The molecular formula is C23H21ClN2O4. The third-order valence-electron chi connectivity index (χ3n) is 6.20. The number of fused-ring (bicyclic) bond motifs is 1. The van der Waals surface area contributed by atoms with Crippen molar-refractivity contribution in [1.82, 2.24) is 5.32 Å². The molecule has 1 N–H and O–H groups in total. The summed E-state index contributed by atoms with van der Waals surface area (Å²) in [5.41, 5.74) is 0.841. The van der Waals surface area contributed by atoms with Crippen LogP contribution in [0.2, 0.25) is 5.02 Å². The number of ether oxygens (including phenoxy) is 2. The van der Waals surface area contributed by atoms with Crippen LogP contribution in [0.5, 0.6) is 5.75 Å². The fourth-order valence-corrected chi connectivity index (χ4v) is 4.92. The number of carbonyl (C=O) groups is 2. The number of benzene rings is 2. The molecule has 154 valence electrons. The molecule has 30 heavy (non-hydrogen) atoms. The van der Waals surface area contributed by atoms with Gasteiger partial charge in [-0.3, -0.25) is 9.59 Å². The summed E-state index contributed by atoms with van der Waals surface area (Å²) in [5, 5.41) is 3.54. The maximum Gasteiger partial charge on any atom is 0.234 e. The van der Waals surface area contributed by atoms with E-state index in [4.69, 9.17) is 21.1 Å². The maximum atomic E-state index is 13.3. The van der Waals surface area contributed by atoms with Crippen molar-refractivity contribution in [3.05, 3.63) is 71.3 Å². The second-order valence-electron chi connectivity index (χ2n) is 7.83. The van der Waals surface area contributed by atoms with Crippen LogP contribution in [-0.2, 0) is 20.9 Å². The molecule has 2 amide bonds. The van der Waals surface area contributed by atoms with Crippen molar-refractivity contribution in [3.63, 3.8) is 0 Å². The highest BCUT2D eigenvalue weighted by Crippen LogP contribution is 2.52. The normalized spacial score (nSPS) is 28.7. The van der Waals surface area contributed by atoms with Crippen LogP contribution in [0, 0.1) is 11.8 Å². The third-order valence-corrected chi connectivity index (χ3v) is 6.57. The van der Waals surface area contributed by atoms with E-state index in [1.54, 1.807) is 18.1 Å².